The number of aliphatic hydroxyl groups is 1. The monoisotopic (exact) mass is 309 g/mol. The zero-order valence-corrected chi connectivity index (χ0v) is 10.0. The highest BCUT2D eigenvalue weighted by atomic mass is 35.5. The van der Waals surface area contributed by atoms with Gasteiger partial charge in [-0.25, -0.2) is 13.2 Å². The Morgan fingerprint density at radius 3 is 2.00 bits per heavy atom. The molecule has 9 heteroatoms. The normalized spacial score (nSPS) is 14.7. The van der Waals surface area contributed by atoms with Crippen LogP contribution in [-0.2, 0) is 0 Å². The van der Waals surface area contributed by atoms with Crippen LogP contribution in [0.15, 0.2) is 12.1 Å². The predicted molar refractivity (Wildman–Crippen MR) is 57.2 cm³/mol. The molecule has 1 aromatic carbocycles. The third-order valence-electron chi connectivity index (χ3n) is 2.30. The van der Waals surface area contributed by atoms with Gasteiger partial charge in [-0.1, -0.05) is 0 Å². The molecule has 0 saturated carbocycles. The zero-order chi connectivity index (χ0) is 14.1. The zero-order valence-electron chi connectivity index (χ0n) is 9.22. The largest absolute Gasteiger partial charge is 0.403 e. The Hall–Kier alpha value is -0.990. The van der Waals surface area contributed by atoms with E-state index in [1.165, 1.54) is 0 Å². The first-order valence-corrected chi connectivity index (χ1v) is 4.77. The van der Waals surface area contributed by atoms with Crippen LogP contribution >= 0.6 is 12.4 Å². The first kappa shape index (κ1) is 18.0. The number of hydrogen-bond acceptors (Lipinski definition) is 2. The van der Waals surface area contributed by atoms with Gasteiger partial charge in [-0.05, 0) is 6.07 Å². The summed E-state index contributed by atoms with van der Waals surface area (Å²) >= 11 is 0. The Kier molecular flexibility index (Phi) is 6.11. The molecule has 2 nitrogen and oxygen atoms in total. The van der Waals surface area contributed by atoms with Crippen LogP contribution in [0.3, 0.4) is 0 Å². The average molecular weight is 310 g/mol. The van der Waals surface area contributed by atoms with Crippen LogP contribution in [0.5, 0.6) is 0 Å². The number of rotatable bonds is 3. The minimum Gasteiger partial charge on any atom is -0.388 e. The summed E-state index contributed by atoms with van der Waals surface area (Å²) in [7, 11) is 0. The lowest BCUT2D eigenvalue weighted by Gasteiger charge is -2.19. The molecule has 2 atom stereocenters. The van der Waals surface area contributed by atoms with E-state index < -0.39 is 47.8 Å². The lowest BCUT2D eigenvalue weighted by Crippen LogP contribution is -2.38. The first-order valence-electron chi connectivity index (χ1n) is 4.77. The number of nitrogens with two attached hydrogens (primary N) is 1. The molecule has 0 unspecified atom stereocenters. The fourth-order valence-electron chi connectivity index (χ4n) is 1.29. The second-order valence-corrected chi connectivity index (χ2v) is 3.69. The molecule has 0 aliphatic carbocycles. The standard InChI is InChI=1S/C10H9F6NO.ClH/c11-5-2-7(13)6(12)1-4(5)8(18)3-9(17)10(14,15)16;/h1-2,8-9,18H,3,17H2;1H/t8-,9+;/m1./s1. The molecule has 0 spiro atoms. The fourth-order valence-corrected chi connectivity index (χ4v) is 1.29. The van der Waals surface area contributed by atoms with Gasteiger partial charge in [0, 0.05) is 18.1 Å². The van der Waals surface area contributed by atoms with Crippen molar-refractivity contribution in [3.05, 3.63) is 35.1 Å². The number of alkyl halides is 3. The molecule has 3 N–H and O–H groups in total. The molecule has 0 aliphatic rings. The highest BCUT2D eigenvalue weighted by Crippen LogP contribution is 2.28. The van der Waals surface area contributed by atoms with Crippen LogP contribution < -0.4 is 5.73 Å². The molecule has 0 amide bonds. The molecule has 0 fully saturated rings. The van der Waals surface area contributed by atoms with Gasteiger partial charge in [0.15, 0.2) is 11.6 Å². The second-order valence-electron chi connectivity index (χ2n) is 3.69. The number of aliphatic hydroxyl groups excluding tert-OH is 1. The van der Waals surface area contributed by atoms with Crippen molar-refractivity contribution < 1.29 is 31.4 Å². The van der Waals surface area contributed by atoms with Crippen molar-refractivity contribution in [2.75, 3.05) is 0 Å². The molecule has 19 heavy (non-hydrogen) atoms. The summed E-state index contributed by atoms with van der Waals surface area (Å²) in [5.74, 6) is -4.30. The van der Waals surface area contributed by atoms with E-state index in [1.54, 1.807) is 0 Å². The summed E-state index contributed by atoms with van der Waals surface area (Å²) in [5, 5.41) is 9.34. The van der Waals surface area contributed by atoms with Crippen molar-refractivity contribution in [1.82, 2.24) is 0 Å². The van der Waals surface area contributed by atoms with Gasteiger partial charge in [0.2, 0.25) is 0 Å². The van der Waals surface area contributed by atoms with E-state index >= 15 is 0 Å². The highest BCUT2D eigenvalue weighted by molar-refractivity contribution is 5.85. The van der Waals surface area contributed by atoms with Gasteiger partial charge >= 0.3 is 6.18 Å². The minimum absolute atomic E-state index is 0. The third kappa shape index (κ3) is 4.55. The van der Waals surface area contributed by atoms with Crippen LogP contribution in [0, 0.1) is 17.5 Å². The molecule has 0 heterocycles. The van der Waals surface area contributed by atoms with E-state index in [2.05, 4.69) is 0 Å². The molecule has 0 bridgehead atoms. The summed E-state index contributed by atoms with van der Waals surface area (Å²) < 4.78 is 74.8. The quantitative estimate of drug-likeness (QED) is 0.666. The van der Waals surface area contributed by atoms with Crippen LogP contribution in [0.2, 0.25) is 0 Å². The molecule has 0 radical (unpaired) electrons. The molecule has 110 valence electrons. The maximum Gasteiger partial charge on any atom is 0.403 e. The van der Waals surface area contributed by atoms with Crippen LogP contribution in [0.25, 0.3) is 0 Å². The van der Waals surface area contributed by atoms with Crippen LogP contribution in [-0.4, -0.2) is 17.3 Å². The van der Waals surface area contributed by atoms with Crippen molar-refractivity contribution in [1.29, 1.82) is 0 Å². The highest BCUT2D eigenvalue weighted by Gasteiger charge is 2.38. The molecule has 0 saturated heterocycles. The van der Waals surface area contributed by atoms with E-state index in [1.807, 2.05) is 0 Å². The van der Waals surface area contributed by atoms with Crippen LogP contribution in [0.1, 0.15) is 18.1 Å². The Morgan fingerprint density at radius 1 is 1.05 bits per heavy atom. The van der Waals surface area contributed by atoms with Gasteiger partial charge in [-0.2, -0.15) is 13.2 Å². The van der Waals surface area contributed by atoms with E-state index in [0.29, 0.717) is 6.07 Å². The van der Waals surface area contributed by atoms with Crippen molar-refractivity contribution in [2.24, 2.45) is 5.73 Å². The summed E-state index contributed by atoms with van der Waals surface area (Å²) in [6.07, 6.45) is -7.79. The van der Waals surface area contributed by atoms with Crippen molar-refractivity contribution in [2.45, 2.75) is 24.7 Å². The van der Waals surface area contributed by atoms with E-state index in [9.17, 15) is 31.4 Å². The van der Waals surface area contributed by atoms with Crippen molar-refractivity contribution in [3.8, 4) is 0 Å². The molecular weight excluding hydrogens is 300 g/mol. The molecular formula is C10H10ClF6NO. The maximum atomic E-state index is 13.1. The van der Waals surface area contributed by atoms with Gasteiger partial charge in [-0.3, -0.25) is 0 Å². The summed E-state index contributed by atoms with van der Waals surface area (Å²) in [6.45, 7) is 0. The average Bonchev–Trinajstić information content (AvgIpc) is 2.21. The van der Waals surface area contributed by atoms with Crippen molar-refractivity contribution >= 4 is 12.4 Å². The Morgan fingerprint density at radius 2 is 1.53 bits per heavy atom. The molecule has 1 rings (SSSR count). The van der Waals surface area contributed by atoms with Crippen molar-refractivity contribution in [3.63, 3.8) is 0 Å². The van der Waals surface area contributed by atoms with Crippen LogP contribution in [0.4, 0.5) is 26.3 Å². The summed E-state index contributed by atoms with van der Waals surface area (Å²) in [6, 6.07) is -1.94. The lowest BCUT2D eigenvalue weighted by atomic mass is 10.0. The van der Waals surface area contributed by atoms with E-state index in [4.69, 9.17) is 5.73 Å². The smallest absolute Gasteiger partial charge is 0.388 e. The summed E-state index contributed by atoms with van der Waals surface area (Å²) in [5.41, 5.74) is 3.96. The van der Waals surface area contributed by atoms with E-state index in [-0.39, 0.29) is 18.5 Å². The SMILES string of the molecule is Cl.N[C@@H](C[C@@H](O)c1cc(F)c(F)cc1F)C(F)(F)F. The summed E-state index contributed by atoms with van der Waals surface area (Å²) in [4.78, 5) is 0. The number of halogens is 7. The fraction of sp³-hybridized carbons (Fsp3) is 0.400. The molecule has 0 aromatic heterocycles. The topological polar surface area (TPSA) is 46.2 Å². The molecule has 1 aromatic rings. The first-order chi connectivity index (χ1) is 8.12. The number of benzene rings is 1. The van der Waals surface area contributed by atoms with Gasteiger partial charge in [-0.15, -0.1) is 12.4 Å². The van der Waals surface area contributed by atoms with Gasteiger partial charge in [0.05, 0.1) is 6.10 Å². The lowest BCUT2D eigenvalue weighted by molar-refractivity contribution is -0.154. The Balaban J connectivity index is 0.00000324. The minimum atomic E-state index is -4.77. The third-order valence-corrected chi connectivity index (χ3v) is 2.30. The Bertz CT molecular complexity index is 439. The van der Waals surface area contributed by atoms with Gasteiger partial charge in [0.1, 0.15) is 11.9 Å². The maximum absolute atomic E-state index is 13.1. The predicted octanol–water partition coefficient (Wildman–Crippen LogP) is 2.84. The number of hydrogen-bond donors (Lipinski definition) is 2. The molecule has 0 aliphatic heterocycles. The Labute approximate surface area is 110 Å². The van der Waals surface area contributed by atoms with Gasteiger partial charge in [0.25, 0.3) is 0 Å². The second kappa shape index (κ2) is 6.44. The van der Waals surface area contributed by atoms with E-state index in [0.717, 1.165) is 0 Å². The van der Waals surface area contributed by atoms with Gasteiger partial charge < -0.3 is 10.8 Å².